The van der Waals surface area contributed by atoms with E-state index in [0.29, 0.717) is 11.4 Å². The van der Waals surface area contributed by atoms with Crippen molar-refractivity contribution < 1.29 is 13.2 Å². The third kappa shape index (κ3) is 3.14. The van der Waals surface area contributed by atoms with Gasteiger partial charge in [-0.15, -0.1) is 0 Å². The van der Waals surface area contributed by atoms with Crippen LogP contribution in [0.5, 0.6) is 0 Å². The molecule has 0 bridgehead atoms. The van der Waals surface area contributed by atoms with Gasteiger partial charge >= 0.3 is 6.18 Å². The van der Waals surface area contributed by atoms with Gasteiger partial charge in [0.05, 0.1) is 11.6 Å². The van der Waals surface area contributed by atoms with Crippen LogP contribution in [-0.4, -0.2) is 17.0 Å². The Balaban J connectivity index is 2.30. The molecule has 20 heavy (non-hydrogen) atoms. The average molecular weight is 281 g/mol. The lowest BCUT2D eigenvalue weighted by atomic mass is 10.0. The molecular weight excluding hydrogens is 267 g/mol. The Morgan fingerprint density at radius 2 is 1.60 bits per heavy atom. The largest absolute Gasteiger partial charge is 0.416 e. The Kier molecular flexibility index (Phi) is 4.04. The Bertz CT molecular complexity index is 562. The van der Waals surface area contributed by atoms with E-state index in [-0.39, 0.29) is 6.04 Å². The summed E-state index contributed by atoms with van der Waals surface area (Å²) in [4.78, 5) is 8.40. The second-order valence-corrected chi connectivity index (χ2v) is 4.46. The number of rotatable bonds is 3. The number of aromatic nitrogens is 2. The van der Waals surface area contributed by atoms with Crippen LogP contribution in [0.3, 0.4) is 0 Å². The van der Waals surface area contributed by atoms with Gasteiger partial charge < -0.3 is 5.32 Å². The van der Waals surface area contributed by atoms with Crippen molar-refractivity contribution in [3.8, 4) is 0 Å². The molecule has 1 atom stereocenters. The first-order valence-corrected chi connectivity index (χ1v) is 6.05. The molecule has 0 spiro atoms. The normalized spacial score (nSPS) is 13.2. The Hall–Kier alpha value is -1.95. The monoisotopic (exact) mass is 281 g/mol. The van der Waals surface area contributed by atoms with Gasteiger partial charge in [-0.25, -0.2) is 9.97 Å². The summed E-state index contributed by atoms with van der Waals surface area (Å²) >= 11 is 0. The molecule has 0 saturated heterocycles. The van der Waals surface area contributed by atoms with Gasteiger partial charge in [0.1, 0.15) is 5.82 Å². The van der Waals surface area contributed by atoms with Crippen molar-refractivity contribution >= 4 is 0 Å². The first-order chi connectivity index (χ1) is 9.41. The number of aryl methyl sites for hydroxylation is 1. The van der Waals surface area contributed by atoms with Crippen molar-refractivity contribution in [2.45, 2.75) is 19.1 Å². The van der Waals surface area contributed by atoms with E-state index in [0.717, 1.165) is 17.7 Å². The second-order valence-electron chi connectivity index (χ2n) is 4.46. The van der Waals surface area contributed by atoms with Gasteiger partial charge in [-0.05, 0) is 37.2 Å². The van der Waals surface area contributed by atoms with Crippen molar-refractivity contribution in [2.24, 2.45) is 0 Å². The molecule has 2 rings (SSSR count). The minimum atomic E-state index is -4.33. The van der Waals surface area contributed by atoms with E-state index in [1.165, 1.54) is 12.1 Å². The third-order valence-corrected chi connectivity index (χ3v) is 2.92. The summed E-state index contributed by atoms with van der Waals surface area (Å²) in [7, 11) is 1.71. The third-order valence-electron chi connectivity index (χ3n) is 2.92. The smallest absolute Gasteiger partial charge is 0.307 e. The summed E-state index contributed by atoms with van der Waals surface area (Å²) in [6.07, 6.45) is -0.971. The molecule has 1 N–H and O–H groups in total. The molecule has 2 aromatic rings. The fourth-order valence-electron chi connectivity index (χ4n) is 1.86. The lowest BCUT2D eigenvalue weighted by molar-refractivity contribution is -0.137. The zero-order valence-corrected chi connectivity index (χ0v) is 11.1. The highest BCUT2D eigenvalue weighted by Crippen LogP contribution is 2.30. The summed E-state index contributed by atoms with van der Waals surface area (Å²) in [5.74, 6) is 0.526. The fourth-order valence-corrected chi connectivity index (χ4v) is 1.86. The van der Waals surface area contributed by atoms with Gasteiger partial charge in [-0.1, -0.05) is 12.1 Å². The average Bonchev–Trinajstić information content (AvgIpc) is 2.41. The molecule has 0 radical (unpaired) electrons. The van der Waals surface area contributed by atoms with Gasteiger partial charge in [-0.2, -0.15) is 13.2 Å². The number of benzene rings is 1. The van der Waals surface area contributed by atoms with Crippen molar-refractivity contribution in [3.63, 3.8) is 0 Å². The highest BCUT2D eigenvalue weighted by atomic mass is 19.4. The van der Waals surface area contributed by atoms with E-state index in [9.17, 15) is 13.2 Å². The van der Waals surface area contributed by atoms with E-state index in [1.54, 1.807) is 19.4 Å². The van der Waals surface area contributed by atoms with Crippen molar-refractivity contribution in [1.29, 1.82) is 0 Å². The molecule has 1 unspecified atom stereocenters. The molecule has 6 heteroatoms. The van der Waals surface area contributed by atoms with Crippen LogP contribution in [0.2, 0.25) is 0 Å². The summed E-state index contributed by atoms with van der Waals surface area (Å²) in [5.41, 5.74) is 0.946. The maximum absolute atomic E-state index is 12.5. The van der Waals surface area contributed by atoms with Gasteiger partial charge in [0, 0.05) is 12.4 Å². The highest BCUT2D eigenvalue weighted by molar-refractivity contribution is 5.30. The van der Waals surface area contributed by atoms with Crippen molar-refractivity contribution in [2.75, 3.05) is 7.05 Å². The van der Waals surface area contributed by atoms with Gasteiger partial charge in [0.25, 0.3) is 0 Å². The van der Waals surface area contributed by atoms with E-state index in [1.807, 2.05) is 6.92 Å². The summed E-state index contributed by atoms with van der Waals surface area (Å²) < 4.78 is 37.6. The molecular formula is C14H14F3N3. The minimum absolute atomic E-state index is 0.335. The molecule has 0 fully saturated rings. The number of alkyl halides is 3. The molecule has 3 nitrogen and oxygen atoms in total. The predicted octanol–water partition coefficient (Wildman–Crippen LogP) is 3.11. The number of hydrogen-bond donors (Lipinski definition) is 1. The predicted molar refractivity (Wildman–Crippen MR) is 69.1 cm³/mol. The zero-order valence-electron chi connectivity index (χ0n) is 11.1. The lowest BCUT2D eigenvalue weighted by Gasteiger charge is -2.16. The summed E-state index contributed by atoms with van der Waals surface area (Å²) in [6, 6.07) is 4.67. The van der Waals surface area contributed by atoms with Crippen LogP contribution in [0.1, 0.15) is 28.6 Å². The number of halogens is 3. The van der Waals surface area contributed by atoms with E-state index in [4.69, 9.17) is 0 Å². The van der Waals surface area contributed by atoms with Crippen LogP contribution >= 0.6 is 0 Å². The van der Waals surface area contributed by atoms with Crippen LogP contribution in [0.25, 0.3) is 0 Å². The Morgan fingerprint density at radius 3 is 2.05 bits per heavy atom. The van der Waals surface area contributed by atoms with E-state index < -0.39 is 11.7 Å². The molecule has 0 saturated carbocycles. The first-order valence-electron chi connectivity index (χ1n) is 6.05. The van der Waals surface area contributed by atoms with Crippen molar-refractivity contribution in [3.05, 3.63) is 59.2 Å². The standard InChI is InChI=1S/C14H14F3N3/c1-9-7-19-13(20-8-9)12(18-2)10-3-5-11(6-4-10)14(15,16)17/h3-8,12,18H,1-2H3. The Morgan fingerprint density at radius 1 is 1.05 bits per heavy atom. The molecule has 1 aromatic carbocycles. The molecule has 0 aliphatic heterocycles. The molecule has 0 aliphatic carbocycles. The maximum atomic E-state index is 12.5. The summed E-state index contributed by atoms with van der Waals surface area (Å²) in [5, 5.41) is 3.01. The van der Waals surface area contributed by atoms with Crippen LogP contribution in [0.4, 0.5) is 13.2 Å². The van der Waals surface area contributed by atoms with E-state index >= 15 is 0 Å². The zero-order chi connectivity index (χ0) is 14.8. The summed E-state index contributed by atoms with van der Waals surface area (Å²) in [6.45, 7) is 1.87. The number of nitrogens with zero attached hydrogens (tertiary/aromatic N) is 2. The molecule has 0 amide bonds. The topological polar surface area (TPSA) is 37.8 Å². The first kappa shape index (κ1) is 14.5. The van der Waals surface area contributed by atoms with Crippen molar-refractivity contribution in [1.82, 2.24) is 15.3 Å². The minimum Gasteiger partial charge on any atom is -0.307 e. The van der Waals surface area contributed by atoms with Gasteiger partial charge in [-0.3, -0.25) is 0 Å². The van der Waals surface area contributed by atoms with Crippen LogP contribution in [0.15, 0.2) is 36.7 Å². The van der Waals surface area contributed by atoms with Gasteiger partial charge in [0.15, 0.2) is 0 Å². The quantitative estimate of drug-likeness (QED) is 0.939. The highest BCUT2D eigenvalue weighted by Gasteiger charge is 2.30. The fraction of sp³-hybridized carbons (Fsp3) is 0.286. The lowest BCUT2D eigenvalue weighted by Crippen LogP contribution is -2.20. The SMILES string of the molecule is CNC(c1ccc(C(F)(F)F)cc1)c1ncc(C)cn1. The van der Waals surface area contributed by atoms with E-state index in [2.05, 4.69) is 15.3 Å². The van der Waals surface area contributed by atoms with Crippen LogP contribution in [-0.2, 0) is 6.18 Å². The number of hydrogen-bond acceptors (Lipinski definition) is 3. The van der Waals surface area contributed by atoms with Crippen LogP contribution < -0.4 is 5.32 Å². The maximum Gasteiger partial charge on any atom is 0.416 e. The second kappa shape index (κ2) is 5.58. The Labute approximate surface area is 114 Å². The molecule has 106 valence electrons. The molecule has 1 aromatic heterocycles. The van der Waals surface area contributed by atoms with Gasteiger partial charge in [0.2, 0.25) is 0 Å². The molecule has 1 heterocycles. The number of nitrogens with one attached hydrogen (secondary N) is 1. The molecule has 0 aliphatic rings. The van der Waals surface area contributed by atoms with Crippen LogP contribution in [0, 0.1) is 6.92 Å².